The topological polar surface area (TPSA) is 76.2 Å². The molecular weight excluding hydrogens is 248 g/mol. The van der Waals surface area contributed by atoms with E-state index < -0.39 is 12.0 Å². The largest absolute Gasteiger partial charge is 0.480 e. The van der Waals surface area contributed by atoms with E-state index in [1.165, 1.54) is 11.3 Å². The molecule has 0 saturated carbocycles. The number of carbonyl (C=O) groups is 1. The van der Waals surface area contributed by atoms with Crippen LogP contribution >= 0.6 is 11.3 Å². The molecule has 4 nitrogen and oxygen atoms in total. The molecule has 18 heavy (non-hydrogen) atoms. The summed E-state index contributed by atoms with van der Waals surface area (Å²) in [5.41, 5.74) is 8.45. The lowest BCUT2D eigenvalue weighted by Crippen LogP contribution is -2.20. The van der Waals surface area contributed by atoms with Crippen LogP contribution in [0.15, 0.2) is 24.3 Å². The molecule has 1 aromatic heterocycles. The van der Waals surface area contributed by atoms with Gasteiger partial charge in [0.15, 0.2) is 0 Å². The summed E-state index contributed by atoms with van der Waals surface area (Å²) in [5.74, 6) is -1.03. The van der Waals surface area contributed by atoms with Crippen LogP contribution < -0.4 is 5.73 Å². The third-order valence-corrected chi connectivity index (χ3v) is 3.94. The van der Waals surface area contributed by atoms with E-state index in [9.17, 15) is 4.79 Å². The Kier molecular flexibility index (Phi) is 3.45. The van der Waals surface area contributed by atoms with Crippen molar-refractivity contribution in [3.63, 3.8) is 0 Å². The van der Waals surface area contributed by atoms with E-state index in [1.54, 1.807) is 6.92 Å². The van der Waals surface area contributed by atoms with Crippen LogP contribution in [0.3, 0.4) is 0 Å². The minimum absolute atomic E-state index is 0.610. The Morgan fingerprint density at radius 1 is 1.44 bits per heavy atom. The van der Waals surface area contributed by atoms with Crippen LogP contribution in [0.4, 0.5) is 0 Å². The first-order valence-corrected chi connectivity index (χ1v) is 6.33. The fraction of sp³-hybridized carbons (Fsp3) is 0.231. The van der Waals surface area contributed by atoms with Gasteiger partial charge in [-0.1, -0.05) is 23.8 Å². The summed E-state index contributed by atoms with van der Waals surface area (Å²) in [6, 6.07) is 6.95. The van der Waals surface area contributed by atoms with Gasteiger partial charge < -0.3 is 10.8 Å². The molecule has 0 spiro atoms. The number of carboxylic acid groups (broad SMARTS) is 1. The number of benzene rings is 1. The van der Waals surface area contributed by atoms with Gasteiger partial charge in [0.05, 0.1) is 10.6 Å². The average Bonchev–Trinajstić information content (AvgIpc) is 2.70. The number of carboxylic acids is 1. The second-order valence-electron chi connectivity index (χ2n) is 4.15. The Balaban J connectivity index is 2.43. The van der Waals surface area contributed by atoms with Crippen LogP contribution in [-0.4, -0.2) is 16.1 Å². The minimum atomic E-state index is -1.03. The highest BCUT2D eigenvalue weighted by molar-refractivity contribution is 7.15. The van der Waals surface area contributed by atoms with E-state index in [-0.39, 0.29) is 0 Å². The molecule has 2 rings (SSSR count). The van der Waals surface area contributed by atoms with E-state index in [4.69, 9.17) is 10.8 Å². The van der Waals surface area contributed by atoms with Gasteiger partial charge in [0.1, 0.15) is 11.0 Å². The maximum atomic E-state index is 10.9. The highest BCUT2D eigenvalue weighted by Crippen LogP contribution is 2.31. The van der Waals surface area contributed by atoms with Crippen molar-refractivity contribution in [1.82, 2.24) is 4.98 Å². The van der Waals surface area contributed by atoms with Crippen molar-refractivity contribution >= 4 is 17.3 Å². The number of nitrogens with two attached hydrogens (primary N) is 1. The molecule has 0 aliphatic heterocycles. The Morgan fingerprint density at radius 3 is 2.78 bits per heavy atom. The molecule has 0 fully saturated rings. The lowest BCUT2D eigenvalue weighted by atomic mass is 10.1. The fourth-order valence-corrected chi connectivity index (χ4v) is 2.77. The van der Waals surface area contributed by atoms with E-state index in [0.29, 0.717) is 10.6 Å². The Hall–Kier alpha value is -1.72. The molecule has 3 N–H and O–H groups in total. The SMILES string of the molecule is Cc1cccc(-c2nc(C)c(C(N)C(=O)O)s2)c1. The molecular formula is C13H14N2O2S. The van der Waals surface area contributed by atoms with E-state index in [1.807, 2.05) is 31.2 Å². The Bertz CT molecular complexity index is 592. The van der Waals surface area contributed by atoms with Crippen LogP contribution in [0.5, 0.6) is 0 Å². The Labute approximate surface area is 109 Å². The van der Waals surface area contributed by atoms with Crippen molar-refractivity contribution < 1.29 is 9.90 Å². The van der Waals surface area contributed by atoms with Crippen LogP contribution in [0, 0.1) is 13.8 Å². The van der Waals surface area contributed by atoms with E-state index in [0.717, 1.165) is 16.1 Å². The highest BCUT2D eigenvalue weighted by Gasteiger charge is 2.21. The summed E-state index contributed by atoms with van der Waals surface area (Å²) >= 11 is 1.34. The summed E-state index contributed by atoms with van der Waals surface area (Å²) in [5, 5.41) is 9.75. The van der Waals surface area contributed by atoms with Gasteiger partial charge in [0.2, 0.25) is 0 Å². The third-order valence-electron chi connectivity index (χ3n) is 2.65. The number of aryl methyl sites for hydroxylation is 2. The predicted octanol–water partition coefficient (Wildman–Crippen LogP) is 2.51. The zero-order valence-electron chi connectivity index (χ0n) is 10.2. The molecule has 2 aromatic rings. The van der Waals surface area contributed by atoms with E-state index >= 15 is 0 Å². The molecule has 0 radical (unpaired) electrons. The number of nitrogens with zero attached hydrogens (tertiary/aromatic N) is 1. The highest BCUT2D eigenvalue weighted by atomic mass is 32.1. The lowest BCUT2D eigenvalue weighted by molar-refractivity contribution is -0.138. The Morgan fingerprint density at radius 2 is 2.17 bits per heavy atom. The smallest absolute Gasteiger partial charge is 0.326 e. The quantitative estimate of drug-likeness (QED) is 0.891. The first-order valence-electron chi connectivity index (χ1n) is 5.52. The standard InChI is InChI=1S/C13H14N2O2S/c1-7-4-3-5-9(6-7)12-15-8(2)11(18-12)10(14)13(16)17/h3-6,10H,14H2,1-2H3,(H,16,17). The first kappa shape index (κ1) is 12.7. The molecule has 0 bridgehead atoms. The monoisotopic (exact) mass is 262 g/mol. The van der Waals surface area contributed by atoms with Crippen LogP contribution in [0.25, 0.3) is 10.6 Å². The number of thiazole rings is 1. The zero-order valence-corrected chi connectivity index (χ0v) is 11.0. The zero-order chi connectivity index (χ0) is 13.3. The number of hydrogen-bond acceptors (Lipinski definition) is 4. The van der Waals surface area contributed by atoms with Gasteiger partial charge in [-0.3, -0.25) is 4.79 Å². The van der Waals surface area contributed by atoms with Gasteiger partial charge in [0.25, 0.3) is 0 Å². The fourth-order valence-electron chi connectivity index (χ4n) is 1.71. The average molecular weight is 262 g/mol. The molecule has 0 aliphatic carbocycles. The van der Waals surface area contributed by atoms with Gasteiger partial charge >= 0.3 is 5.97 Å². The first-order chi connectivity index (χ1) is 8.49. The van der Waals surface area contributed by atoms with Gasteiger partial charge in [-0.25, -0.2) is 4.98 Å². The van der Waals surface area contributed by atoms with Gasteiger partial charge in [-0.2, -0.15) is 0 Å². The lowest BCUT2D eigenvalue weighted by Gasteiger charge is -2.02. The molecule has 1 unspecified atom stereocenters. The van der Waals surface area contributed by atoms with Crippen molar-refractivity contribution in [2.75, 3.05) is 0 Å². The molecule has 0 aliphatic rings. The molecule has 5 heteroatoms. The van der Waals surface area contributed by atoms with Gasteiger partial charge in [0, 0.05) is 5.56 Å². The van der Waals surface area contributed by atoms with Gasteiger partial charge in [-0.05, 0) is 19.9 Å². The summed E-state index contributed by atoms with van der Waals surface area (Å²) in [6.07, 6.45) is 0. The van der Waals surface area contributed by atoms with E-state index in [2.05, 4.69) is 4.98 Å². The van der Waals surface area contributed by atoms with Crippen molar-refractivity contribution in [2.24, 2.45) is 5.73 Å². The molecule has 0 amide bonds. The normalized spacial score (nSPS) is 12.4. The second kappa shape index (κ2) is 4.88. The molecule has 0 saturated heterocycles. The molecule has 1 heterocycles. The third kappa shape index (κ3) is 2.42. The molecule has 94 valence electrons. The van der Waals surface area contributed by atoms with Crippen molar-refractivity contribution in [2.45, 2.75) is 19.9 Å². The maximum Gasteiger partial charge on any atom is 0.326 e. The van der Waals surface area contributed by atoms with Crippen LogP contribution in [0.2, 0.25) is 0 Å². The van der Waals surface area contributed by atoms with Crippen molar-refractivity contribution in [3.8, 4) is 10.6 Å². The molecule has 1 atom stereocenters. The summed E-state index contributed by atoms with van der Waals surface area (Å²) in [4.78, 5) is 15.9. The number of aliphatic carboxylic acids is 1. The van der Waals surface area contributed by atoms with Crippen molar-refractivity contribution in [1.29, 1.82) is 0 Å². The summed E-state index contributed by atoms with van der Waals surface area (Å²) < 4.78 is 0. The summed E-state index contributed by atoms with van der Waals surface area (Å²) in [7, 11) is 0. The number of rotatable bonds is 3. The van der Waals surface area contributed by atoms with Crippen LogP contribution in [-0.2, 0) is 4.79 Å². The molecule has 1 aromatic carbocycles. The number of hydrogen-bond donors (Lipinski definition) is 2. The number of aromatic nitrogens is 1. The van der Waals surface area contributed by atoms with Crippen LogP contribution in [0.1, 0.15) is 22.2 Å². The minimum Gasteiger partial charge on any atom is -0.480 e. The van der Waals surface area contributed by atoms with Crippen molar-refractivity contribution in [3.05, 3.63) is 40.4 Å². The second-order valence-corrected chi connectivity index (χ2v) is 5.18. The van der Waals surface area contributed by atoms with Gasteiger partial charge in [-0.15, -0.1) is 11.3 Å². The summed E-state index contributed by atoms with van der Waals surface area (Å²) in [6.45, 7) is 3.79. The maximum absolute atomic E-state index is 10.9. The predicted molar refractivity (Wildman–Crippen MR) is 71.6 cm³/mol.